The van der Waals surface area contributed by atoms with Gasteiger partial charge in [-0.25, -0.2) is 9.18 Å². The summed E-state index contributed by atoms with van der Waals surface area (Å²) < 4.78 is 20.7. The van der Waals surface area contributed by atoms with Crippen LogP contribution in [0.25, 0.3) is 0 Å². The number of aryl methyl sites for hydroxylation is 1. The van der Waals surface area contributed by atoms with Crippen LogP contribution in [-0.4, -0.2) is 46.3 Å². The number of fused-ring (bicyclic) bond motifs is 1. The molecule has 172 valence electrons. The highest BCUT2D eigenvalue weighted by atomic mass is 19.1. The summed E-state index contributed by atoms with van der Waals surface area (Å²) in [4.78, 5) is 40.3. The minimum absolute atomic E-state index is 0.00349. The monoisotopic (exact) mass is 444 g/mol. The molecule has 0 bridgehead atoms. The number of aromatic nitrogens is 2. The van der Waals surface area contributed by atoms with Crippen LogP contribution in [0.4, 0.5) is 10.1 Å². The molecule has 0 radical (unpaired) electrons. The van der Waals surface area contributed by atoms with E-state index in [1.54, 1.807) is 32.9 Å². The van der Waals surface area contributed by atoms with Crippen LogP contribution in [0.3, 0.4) is 0 Å². The van der Waals surface area contributed by atoms with Gasteiger partial charge in [-0.2, -0.15) is 5.10 Å². The van der Waals surface area contributed by atoms with E-state index in [2.05, 4.69) is 10.4 Å². The van der Waals surface area contributed by atoms with Crippen molar-refractivity contribution in [3.63, 3.8) is 0 Å². The van der Waals surface area contributed by atoms with E-state index in [1.165, 1.54) is 21.7 Å². The van der Waals surface area contributed by atoms with Gasteiger partial charge in [0.1, 0.15) is 17.1 Å². The summed E-state index contributed by atoms with van der Waals surface area (Å²) in [6, 6.07) is 5.75. The Morgan fingerprint density at radius 3 is 2.66 bits per heavy atom. The van der Waals surface area contributed by atoms with Crippen molar-refractivity contribution in [3.8, 4) is 0 Å². The van der Waals surface area contributed by atoms with E-state index in [0.717, 1.165) is 6.42 Å². The standard InChI is InChI=1S/C23H29FN4O4/c1-6-32-21(30)18-12-19-20(29)28(16-8-7-15(4)17(24)11-16)23(5,13-27(19)26-18)22(31)25-10-9-14(2)3/h7-8,11-12,14H,6,9-10,13H2,1-5H3,(H,25,31)/t23-/m1/s1. The second-order valence-electron chi connectivity index (χ2n) is 8.58. The minimum atomic E-state index is -1.39. The number of anilines is 1. The highest BCUT2D eigenvalue weighted by Gasteiger charge is 2.49. The SMILES string of the molecule is CCOC(=O)c1cc2n(n1)C[C@](C)(C(=O)NCCC(C)C)N(c1ccc(C)c(F)c1)C2=O. The molecular formula is C23H29FN4O4. The number of benzene rings is 1. The minimum Gasteiger partial charge on any atom is -0.461 e. The van der Waals surface area contributed by atoms with Crippen molar-refractivity contribution >= 4 is 23.5 Å². The van der Waals surface area contributed by atoms with Crippen molar-refractivity contribution in [3.05, 3.63) is 47.0 Å². The van der Waals surface area contributed by atoms with Crippen LogP contribution < -0.4 is 10.2 Å². The topological polar surface area (TPSA) is 93.5 Å². The van der Waals surface area contributed by atoms with E-state index in [0.29, 0.717) is 18.0 Å². The molecule has 0 fully saturated rings. The number of nitrogens with one attached hydrogen (secondary N) is 1. The maximum absolute atomic E-state index is 14.4. The normalized spacial score (nSPS) is 18.0. The molecule has 1 aromatic heterocycles. The third-order valence-corrected chi connectivity index (χ3v) is 5.55. The van der Waals surface area contributed by atoms with Gasteiger partial charge in [-0.3, -0.25) is 19.2 Å². The van der Waals surface area contributed by atoms with Crippen molar-refractivity contribution in [2.45, 2.75) is 53.1 Å². The first-order valence-corrected chi connectivity index (χ1v) is 10.7. The molecule has 0 unspecified atom stereocenters. The average Bonchev–Trinajstić information content (AvgIpc) is 3.14. The summed E-state index contributed by atoms with van der Waals surface area (Å²) in [5.74, 6) is -1.68. The first-order valence-electron chi connectivity index (χ1n) is 10.7. The van der Waals surface area contributed by atoms with Gasteiger partial charge in [0.15, 0.2) is 5.69 Å². The van der Waals surface area contributed by atoms with E-state index in [1.807, 2.05) is 13.8 Å². The zero-order valence-electron chi connectivity index (χ0n) is 19.1. The fourth-order valence-electron chi connectivity index (χ4n) is 3.68. The molecular weight excluding hydrogens is 415 g/mol. The molecule has 9 heteroatoms. The molecule has 1 aromatic carbocycles. The molecule has 0 saturated heterocycles. The van der Waals surface area contributed by atoms with Gasteiger partial charge in [0.05, 0.1) is 13.2 Å². The summed E-state index contributed by atoms with van der Waals surface area (Å²) >= 11 is 0. The van der Waals surface area contributed by atoms with E-state index in [-0.39, 0.29) is 36.1 Å². The molecule has 2 amide bonds. The molecule has 2 heterocycles. The van der Waals surface area contributed by atoms with Crippen LogP contribution in [0, 0.1) is 18.7 Å². The van der Waals surface area contributed by atoms with Crippen LogP contribution in [0.15, 0.2) is 24.3 Å². The van der Waals surface area contributed by atoms with Gasteiger partial charge in [-0.1, -0.05) is 19.9 Å². The Morgan fingerprint density at radius 2 is 2.03 bits per heavy atom. The lowest BCUT2D eigenvalue weighted by Gasteiger charge is -2.43. The van der Waals surface area contributed by atoms with Crippen molar-refractivity contribution in [1.82, 2.24) is 15.1 Å². The number of halogens is 1. The maximum Gasteiger partial charge on any atom is 0.358 e. The van der Waals surface area contributed by atoms with Gasteiger partial charge in [-0.05, 0) is 50.8 Å². The predicted molar refractivity (Wildman–Crippen MR) is 117 cm³/mol. The Labute approximate surface area is 186 Å². The van der Waals surface area contributed by atoms with Crippen molar-refractivity contribution < 1.29 is 23.5 Å². The first-order chi connectivity index (χ1) is 15.1. The molecule has 8 nitrogen and oxygen atoms in total. The molecule has 0 saturated carbocycles. The molecule has 0 aliphatic carbocycles. The molecule has 0 spiro atoms. The van der Waals surface area contributed by atoms with Crippen LogP contribution in [-0.2, 0) is 16.1 Å². The van der Waals surface area contributed by atoms with Crippen molar-refractivity contribution in [2.75, 3.05) is 18.1 Å². The van der Waals surface area contributed by atoms with E-state index in [9.17, 15) is 18.8 Å². The lowest BCUT2D eigenvalue weighted by Crippen LogP contribution is -2.64. The van der Waals surface area contributed by atoms with E-state index >= 15 is 0 Å². The fourth-order valence-corrected chi connectivity index (χ4v) is 3.68. The molecule has 1 aliphatic heterocycles. The number of ether oxygens (including phenoxy) is 1. The number of nitrogens with zero attached hydrogens (tertiary/aromatic N) is 3. The van der Waals surface area contributed by atoms with Gasteiger partial charge < -0.3 is 10.1 Å². The predicted octanol–water partition coefficient (Wildman–Crippen LogP) is 3.09. The number of esters is 1. The van der Waals surface area contributed by atoms with Crippen LogP contribution in [0.1, 0.15) is 60.7 Å². The van der Waals surface area contributed by atoms with Crippen LogP contribution in [0.2, 0.25) is 0 Å². The van der Waals surface area contributed by atoms with Crippen molar-refractivity contribution in [1.29, 1.82) is 0 Å². The van der Waals surface area contributed by atoms with Crippen LogP contribution >= 0.6 is 0 Å². The van der Waals surface area contributed by atoms with Crippen LogP contribution in [0.5, 0.6) is 0 Å². The highest BCUT2D eigenvalue weighted by Crippen LogP contribution is 2.33. The molecule has 3 rings (SSSR count). The Balaban J connectivity index is 2.06. The second kappa shape index (κ2) is 9.10. The molecule has 1 atom stereocenters. The molecule has 2 aromatic rings. The number of rotatable bonds is 7. The highest BCUT2D eigenvalue weighted by molar-refractivity contribution is 6.12. The third-order valence-electron chi connectivity index (χ3n) is 5.55. The quantitative estimate of drug-likeness (QED) is 0.663. The summed E-state index contributed by atoms with van der Waals surface area (Å²) in [5.41, 5.74) is -0.599. The Kier molecular flexibility index (Phi) is 6.66. The summed E-state index contributed by atoms with van der Waals surface area (Å²) in [6.45, 7) is 9.61. The van der Waals surface area contributed by atoms with Gasteiger partial charge in [0, 0.05) is 18.3 Å². The molecule has 1 N–H and O–H groups in total. The third kappa shape index (κ3) is 4.37. The maximum atomic E-state index is 14.4. The number of carbonyl (C=O) groups is 3. The zero-order valence-corrected chi connectivity index (χ0v) is 19.1. The van der Waals surface area contributed by atoms with Gasteiger partial charge >= 0.3 is 5.97 Å². The lowest BCUT2D eigenvalue weighted by molar-refractivity contribution is -0.126. The number of hydrogen-bond donors (Lipinski definition) is 1. The smallest absolute Gasteiger partial charge is 0.358 e. The summed E-state index contributed by atoms with van der Waals surface area (Å²) in [7, 11) is 0. The van der Waals surface area contributed by atoms with Gasteiger partial charge in [-0.15, -0.1) is 0 Å². The first kappa shape index (κ1) is 23.4. The fraction of sp³-hybridized carbons (Fsp3) is 0.478. The average molecular weight is 445 g/mol. The number of carbonyl (C=O) groups excluding carboxylic acids is 3. The molecule has 1 aliphatic rings. The van der Waals surface area contributed by atoms with Gasteiger partial charge in [0.25, 0.3) is 5.91 Å². The Morgan fingerprint density at radius 1 is 1.31 bits per heavy atom. The van der Waals surface area contributed by atoms with Crippen molar-refractivity contribution in [2.24, 2.45) is 5.92 Å². The number of hydrogen-bond acceptors (Lipinski definition) is 5. The van der Waals surface area contributed by atoms with E-state index in [4.69, 9.17) is 4.74 Å². The van der Waals surface area contributed by atoms with E-state index < -0.39 is 23.2 Å². The summed E-state index contributed by atoms with van der Waals surface area (Å²) in [5, 5.41) is 7.10. The summed E-state index contributed by atoms with van der Waals surface area (Å²) in [6.07, 6.45) is 0.773. The Hall–Kier alpha value is -3.23. The Bertz CT molecular complexity index is 1050. The van der Waals surface area contributed by atoms with Gasteiger partial charge in [0.2, 0.25) is 5.91 Å². The zero-order chi connectivity index (χ0) is 23.6. The largest absolute Gasteiger partial charge is 0.461 e. The molecule has 32 heavy (non-hydrogen) atoms. The second-order valence-corrected chi connectivity index (χ2v) is 8.58. The lowest BCUT2D eigenvalue weighted by atomic mass is 9.93. The number of amides is 2.